The van der Waals surface area contributed by atoms with Crippen LogP contribution in [0.2, 0.25) is 0 Å². The lowest BCUT2D eigenvalue weighted by molar-refractivity contribution is 0.419. The maximum atomic E-state index is 4.57. The smallest absolute Gasteiger partial charge is 0.0702 e. The van der Waals surface area contributed by atoms with Gasteiger partial charge in [0, 0.05) is 17.6 Å². The highest BCUT2D eigenvalue weighted by Gasteiger charge is 2.25. The van der Waals surface area contributed by atoms with E-state index >= 15 is 0 Å². The van der Waals surface area contributed by atoms with Gasteiger partial charge in [-0.3, -0.25) is 4.98 Å². The van der Waals surface area contributed by atoms with Crippen LogP contribution in [0.4, 0.5) is 0 Å². The molecule has 1 N–H and O–H groups in total. The van der Waals surface area contributed by atoms with Crippen molar-refractivity contribution in [3.8, 4) is 0 Å². The van der Waals surface area contributed by atoms with Gasteiger partial charge in [0.25, 0.3) is 0 Å². The van der Waals surface area contributed by atoms with Gasteiger partial charge in [-0.1, -0.05) is 18.2 Å². The third kappa shape index (κ3) is 2.25. The highest BCUT2D eigenvalue weighted by Crippen LogP contribution is 2.34. The molecule has 3 rings (SSSR count). The monoisotopic (exact) mass is 258 g/mol. The van der Waals surface area contributed by atoms with Gasteiger partial charge < -0.3 is 5.32 Å². The number of pyridine rings is 1. The Bertz CT molecular complexity index is 535. The van der Waals surface area contributed by atoms with Crippen LogP contribution in [-0.4, -0.2) is 23.5 Å². The Morgan fingerprint density at radius 2 is 2.28 bits per heavy atom. The average Bonchev–Trinajstić information content (AvgIpc) is 2.93. The molecule has 1 aromatic heterocycles. The van der Waals surface area contributed by atoms with E-state index in [9.17, 15) is 0 Å². The molecule has 0 radical (unpaired) electrons. The van der Waals surface area contributed by atoms with Crippen LogP contribution in [0.5, 0.6) is 0 Å². The first kappa shape index (κ1) is 12.0. The Labute approximate surface area is 112 Å². The predicted octanol–water partition coefficient (Wildman–Crippen LogP) is 3.25. The van der Waals surface area contributed by atoms with Crippen molar-refractivity contribution in [2.45, 2.75) is 12.5 Å². The van der Waals surface area contributed by atoms with Crippen molar-refractivity contribution in [3.05, 3.63) is 42.1 Å². The van der Waals surface area contributed by atoms with E-state index in [1.165, 1.54) is 28.9 Å². The molecular formula is C15H18N2S. The lowest BCUT2D eigenvalue weighted by Crippen LogP contribution is -2.25. The Hall–Kier alpha value is -1.06. The summed E-state index contributed by atoms with van der Waals surface area (Å²) < 4.78 is 0. The number of fused-ring (bicyclic) bond motifs is 1. The minimum atomic E-state index is 0.442. The quantitative estimate of drug-likeness (QED) is 0.915. The second-order valence-corrected chi connectivity index (χ2v) is 6.00. The number of para-hydroxylation sites is 1. The van der Waals surface area contributed by atoms with Gasteiger partial charge in [-0.05, 0) is 48.6 Å². The average molecular weight is 258 g/mol. The van der Waals surface area contributed by atoms with E-state index in [4.69, 9.17) is 0 Å². The topological polar surface area (TPSA) is 24.9 Å². The zero-order chi connectivity index (χ0) is 12.4. The number of benzene rings is 1. The third-order valence-electron chi connectivity index (χ3n) is 3.72. The summed E-state index contributed by atoms with van der Waals surface area (Å²) in [4.78, 5) is 4.57. The molecule has 0 bridgehead atoms. The van der Waals surface area contributed by atoms with Crippen LogP contribution in [0.15, 0.2) is 36.5 Å². The fraction of sp³-hybridized carbons (Fsp3) is 0.400. The van der Waals surface area contributed by atoms with E-state index in [2.05, 4.69) is 53.4 Å². The summed E-state index contributed by atoms with van der Waals surface area (Å²) in [5.74, 6) is 3.30. The van der Waals surface area contributed by atoms with Gasteiger partial charge in [-0.15, -0.1) is 0 Å². The van der Waals surface area contributed by atoms with Crippen LogP contribution >= 0.6 is 11.8 Å². The predicted molar refractivity (Wildman–Crippen MR) is 79.0 cm³/mol. The maximum absolute atomic E-state index is 4.57. The number of nitrogens with zero attached hydrogens (tertiary/aromatic N) is 1. The van der Waals surface area contributed by atoms with Gasteiger partial charge in [-0.2, -0.15) is 11.8 Å². The second kappa shape index (κ2) is 5.29. The molecule has 0 saturated carbocycles. The lowest BCUT2D eigenvalue weighted by Gasteiger charge is -2.22. The van der Waals surface area contributed by atoms with Crippen LogP contribution in [0.1, 0.15) is 18.0 Å². The molecule has 94 valence electrons. The molecule has 1 aliphatic heterocycles. The van der Waals surface area contributed by atoms with Gasteiger partial charge in [-0.25, -0.2) is 0 Å². The standard InChI is InChI=1S/C15H18N2S/c1-16-15(12-6-7-18-10-12)13-8-11-4-2-3-5-14(11)17-9-13/h2-5,8-9,12,15-16H,6-7,10H2,1H3. The first-order valence-corrected chi connectivity index (χ1v) is 7.63. The molecule has 0 amide bonds. The molecule has 0 spiro atoms. The van der Waals surface area contributed by atoms with Gasteiger partial charge in [0.2, 0.25) is 0 Å². The van der Waals surface area contributed by atoms with Crippen LogP contribution in [0, 0.1) is 5.92 Å². The highest BCUT2D eigenvalue weighted by molar-refractivity contribution is 7.99. The van der Waals surface area contributed by atoms with Crippen molar-refractivity contribution in [2.75, 3.05) is 18.6 Å². The third-order valence-corrected chi connectivity index (χ3v) is 4.91. The van der Waals surface area contributed by atoms with E-state index in [1.807, 2.05) is 12.3 Å². The van der Waals surface area contributed by atoms with Crippen molar-refractivity contribution in [1.29, 1.82) is 0 Å². The van der Waals surface area contributed by atoms with E-state index in [0.29, 0.717) is 6.04 Å². The van der Waals surface area contributed by atoms with Crippen molar-refractivity contribution in [1.82, 2.24) is 10.3 Å². The number of hydrogen-bond acceptors (Lipinski definition) is 3. The minimum Gasteiger partial charge on any atom is -0.313 e. The first-order valence-electron chi connectivity index (χ1n) is 6.48. The molecule has 0 aliphatic carbocycles. The van der Waals surface area contributed by atoms with Gasteiger partial charge in [0.15, 0.2) is 0 Å². The summed E-state index contributed by atoms with van der Waals surface area (Å²) in [6, 6.07) is 11.1. The zero-order valence-corrected chi connectivity index (χ0v) is 11.4. The Balaban J connectivity index is 1.96. The zero-order valence-electron chi connectivity index (χ0n) is 10.6. The van der Waals surface area contributed by atoms with Gasteiger partial charge in [0.1, 0.15) is 0 Å². The Morgan fingerprint density at radius 3 is 3.06 bits per heavy atom. The summed E-state index contributed by atoms with van der Waals surface area (Å²) in [5, 5.41) is 4.71. The van der Waals surface area contributed by atoms with E-state index < -0.39 is 0 Å². The molecule has 18 heavy (non-hydrogen) atoms. The largest absolute Gasteiger partial charge is 0.313 e. The second-order valence-electron chi connectivity index (χ2n) is 4.85. The summed E-state index contributed by atoms with van der Waals surface area (Å²) in [7, 11) is 2.06. The number of rotatable bonds is 3. The van der Waals surface area contributed by atoms with Gasteiger partial charge >= 0.3 is 0 Å². The first-order chi connectivity index (χ1) is 8.88. The molecule has 3 heteroatoms. The summed E-state index contributed by atoms with van der Waals surface area (Å²) in [5.41, 5.74) is 2.40. The number of thioether (sulfide) groups is 1. The SMILES string of the molecule is CNC(c1cnc2ccccc2c1)C1CCSC1. The van der Waals surface area contributed by atoms with Gasteiger partial charge in [0.05, 0.1) is 5.52 Å². The lowest BCUT2D eigenvalue weighted by atomic mass is 9.93. The van der Waals surface area contributed by atoms with E-state index in [1.54, 1.807) is 0 Å². The molecule has 2 aromatic rings. The molecule has 2 heterocycles. The summed E-state index contributed by atoms with van der Waals surface area (Å²) in [6.45, 7) is 0. The van der Waals surface area contributed by atoms with Crippen molar-refractivity contribution < 1.29 is 0 Å². The highest BCUT2D eigenvalue weighted by atomic mass is 32.2. The maximum Gasteiger partial charge on any atom is 0.0702 e. The van der Waals surface area contributed by atoms with Crippen molar-refractivity contribution >= 4 is 22.7 Å². The van der Waals surface area contributed by atoms with Crippen LogP contribution in [-0.2, 0) is 0 Å². The van der Waals surface area contributed by atoms with Crippen molar-refractivity contribution in [3.63, 3.8) is 0 Å². The molecule has 2 nitrogen and oxygen atoms in total. The number of nitrogens with one attached hydrogen (secondary N) is 1. The molecule has 1 aliphatic rings. The fourth-order valence-corrected chi connectivity index (χ4v) is 4.05. The van der Waals surface area contributed by atoms with Crippen LogP contribution in [0.3, 0.4) is 0 Å². The minimum absolute atomic E-state index is 0.442. The molecule has 1 aromatic carbocycles. The molecule has 1 saturated heterocycles. The van der Waals surface area contributed by atoms with Crippen molar-refractivity contribution in [2.24, 2.45) is 5.92 Å². The summed E-state index contributed by atoms with van der Waals surface area (Å²) in [6.07, 6.45) is 3.34. The molecular weight excluding hydrogens is 240 g/mol. The molecule has 2 atom stereocenters. The number of hydrogen-bond donors (Lipinski definition) is 1. The van der Waals surface area contributed by atoms with Crippen LogP contribution < -0.4 is 5.32 Å². The fourth-order valence-electron chi connectivity index (χ4n) is 2.75. The Morgan fingerprint density at radius 1 is 1.39 bits per heavy atom. The van der Waals surface area contributed by atoms with E-state index in [0.717, 1.165) is 11.4 Å². The van der Waals surface area contributed by atoms with E-state index in [-0.39, 0.29) is 0 Å². The number of aromatic nitrogens is 1. The molecule has 2 unspecified atom stereocenters. The van der Waals surface area contributed by atoms with Crippen LogP contribution in [0.25, 0.3) is 10.9 Å². The summed E-state index contributed by atoms with van der Waals surface area (Å²) >= 11 is 2.06. The Kier molecular flexibility index (Phi) is 3.52. The normalized spacial score (nSPS) is 21.3. The molecule has 1 fully saturated rings.